The van der Waals surface area contributed by atoms with Crippen molar-refractivity contribution in [1.82, 2.24) is 0 Å². The van der Waals surface area contributed by atoms with Gasteiger partial charge in [-0.15, -0.1) is 0 Å². The van der Waals surface area contributed by atoms with Crippen LogP contribution in [-0.4, -0.2) is 37.4 Å². The van der Waals surface area contributed by atoms with Gasteiger partial charge in [0.1, 0.15) is 6.04 Å². The van der Waals surface area contributed by atoms with Crippen LogP contribution in [0.5, 0.6) is 0 Å². The molecule has 1 aromatic heterocycles. The normalized spacial score (nSPS) is 11.9. The first-order chi connectivity index (χ1) is 9.60. The zero-order valence-electron chi connectivity index (χ0n) is 11.6. The molecule has 112 valence electrons. The van der Waals surface area contributed by atoms with Gasteiger partial charge in [-0.25, -0.2) is 4.79 Å². The van der Waals surface area contributed by atoms with Crippen LogP contribution in [0.4, 0.5) is 0 Å². The van der Waals surface area contributed by atoms with Crippen molar-refractivity contribution in [3.8, 4) is 0 Å². The van der Waals surface area contributed by atoms with Gasteiger partial charge in [0.15, 0.2) is 0 Å². The second kappa shape index (κ2) is 8.65. The lowest BCUT2D eigenvalue weighted by atomic mass is 10.2. The van der Waals surface area contributed by atoms with Gasteiger partial charge in [-0.1, -0.05) is 0 Å². The van der Waals surface area contributed by atoms with Crippen LogP contribution in [-0.2, 0) is 20.0 Å². The highest BCUT2D eigenvalue weighted by Gasteiger charge is 2.17. The van der Waals surface area contributed by atoms with Crippen molar-refractivity contribution < 1.29 is 23.5 Å². The molecule has 0 bridgehead atoms. The minimum atomic E-state index is -0.605. The summed E-state index contributed by atoms with van der Waals surface area (Å²) in [5.74, 6) is 0.623. The van der Waals surface area contributed by atoms with Crippen LogP contribution < -0.4 is 5.73 Å². The number of methoxy groups -OCH3 is 1. The summed E-state index contributed by atoms with van der Waals surface area (Å²) in [5.41, 5.74) is 6.45. The van der Waals surface area contributed by atoms with Crippen LogP contribution in [0.3, 0.4) is 0 Å². The molecular formula is C13H19NO5S. The molecule has 0 aliphatic heterocycles. The summed E-state index contributed by atoms with van der Waals surface area (Å²) in [5, 5.41) is 0. The molecule has 7 heteroatoms. The molecule has 0 saturated heterocycles. The largest absolute Gasteiger partial charge is 0.465 e. The first-order valence-corrected chi connectivity index (χ1v) is 7.40. The van der Waals surface area contributed by atoms with Crippen LogP contribution in [0.25, 0.3) is 0 Å². The second-order valence-electron chi connectivity index (χ2n) is 3.97. The Hall–Kier alpha value is -1.47. The van der Waals surface area contributed by atoms with E-state index in [1.54, 1.807) is 24.8 Å². The molecule has 6 nitrogen and oxygen atoms in total. The van der Waals surface area contributed by atoms with E-state index in [0.717, 1.165) is 5.56 Å². The van der Waals surface area contributed by atoms with Gasteiger partial charge in [-0.2, -0.15) is 11.8 Å². The summed E-state index contributed by atoms with van der Waals surface area (Å²) >= 11 is 1.56. The van der Waals surface area contributed by atoms with Crippen LogP contribution >= 0.6 is 11.8 Å². The van der Waals surface area contributed by atoms with Crippen LogP contribution in [0.1, 0.15) is 29.5 Å². The zero-order chi connectivity index (χ0) is 15.0. The van der Waals surface area contributed by atoms with E-state index in [1.165, 1.54) is 13.4 Å². The third kappa shape index (κ3) is 4.90. The van der Waals surface area contributed by atoms with Crippen molar-refractivity contribution >= 4 is 23.7 Å². The van der Waals surface area contributed by atoms with E-state index in [9.17, 15) is 9.59 Å². The number of nitrogens with two attached hydrogens (primary N) is 1. The molecule has 1 atom stereocenters. The molecule has 1 rings (SSSR count). The van der Waals surface area contributed by atoms with Crippen molar-refractivity contribution in [2.45, 2.75) is 25.1 Å². The molecule has 0 aliphatic carbocycles. The Kier molecular flexibility index (Phi) is 7.17. The van der Waals surface area contributed by atoms with E-state index in [4.69, 9.17) is 14.9 Å². The average molecular weight is 301 g/mol. The Morgan fingerprint density at radius 2 is 2.25 bits per heavy atom. The Morgan fingerprint density at radius 3 is 2.90 bits per heavy atom. The fourth-order valence-corrected chi connectivity index (χ4v) is 2.49. The molecule has 0 spiro atoms. The lowest BCUT2D eigenvalue weighted by molar-refractivity contribution is -0.144. The molecule has 1 unspecified atom stereocenters. The van der Waals surface area contributed by atoms with E-state index in [2.05, 4.69) is 4.74 Å². The van der Waals surface area contributed by atoms with Crippen molar-refractivity contribution in [1.29, 1.82) is 0 Å². The van der Waals surface area contributed by atoms with Gasteiger partial charge in [0.25, 0.3) is 0 Å². The number of hydrogen-bond acceptors (Lipinski definition) is 7. The molecule has 0 radical (unpaired) electrons. The van der Waals surface area contributed by atoms with Crippen LogP contribution in [0.15, 0.2) is 16.7 Å². The van der Waals surface area contributed by atoms with Crippen molar-refractivity contribution in [3.05, 3.63) is 23.7 Å². The van der Waals surface area contributed by atoms with Gasteiger partial charge >= 0.3 is 11.9 Å². The number of carbonyl (C=O) groups is 2. The van der Waals surface area contributed by atoms with Crippen LogP contribution in [0, 0.1) is 0 Å². The quantitative estimate of drug-likeness (QED) is 0.575. The Morgan fingerprint density at radius 1 is 1.50 bits per heavy atom. The lowest BCUT2D eigenvalue weighted by Gasteiger charge is -2.09. The summed E-state index contributed by atoms with van der Waals surface area (Å²) in [6.45, 7) is 2.07. The van der Waals surface area contributed by atoms with Crippen molar-refractivity contribution in [2.75, 3.05) is 19.5 Å². The number of rotatable bonds is 8. The summed E-state index contributed by atoms with van der Waals surface area (Å²) in [7, 11) is 1.31. The second-order valence-corrected chi connectivity index (χ2v) is 5.07. The van der Waals surface area contributed by atoms with Crippen molar-refractivity contribution in [2.24, 2.45) is 5.73 Å². The summed E-state index contributed by atoms with van der Waals surface area (Å²) < 4.78 is 14.5. The van der Waals surface area contributed by atoms with Crippen molar-refractivity contribution in [3.63, 3.8) is 0 Å². The minimum Gasteiger partial charge on any atom is -0.465 e. The van der Waals surface area contributed by atoms with Gasteiger partial charge in [0.05, 0.1) is 20.0 Å². The average Bonchev–Trinajstić information content (AvgIpc) is 2.91. The number of esters is 2. The lowest BCUT2D eigenvalue weighted by Crippen LogP contribution is -2.32. The highest BCUT2D eigenvalue weighted by Crippen LogP contribution is 2.19. The van der Waals surface area contributed by atoms with Gasteiger partial charge < -0.3 is 19.6 Å². The zero-order valence-corrected chi connectivity index (χ0v) is 12.4. The standard InChI is InChI=1S/C13H19NO5S/c1-3-18-12(15)10(14)5-7-20-8-9-4-6-19-11(9)13(16)17-2/h4,6,10H,3,5,7-8,14H2,1-2H3. The molecule has 20 heavy (non-hydrogen) atoms. The fraction of sp³-hybridized carbons (Fsp3) is 0.538. The monoisotopic (exact) mass is 301 g/mol. The predicted octanol–water partition coefficient (Wildman–Crippen LogP) is 1.58. The van der Waals surface area contributed by atoms with Gasteiger partial charge in [0.2, 0.25) is 5.76 Å². The highest BCUT2D eigenvalue weighted by molar-refractivity contribution is 7.98. The molecule has 0 amide bonds. The number of ether oxygens (including phenoxy) is 2. The fourth-order valence-electron chi connectivity index (χ4n) is 1.48. The van der Waals surface area contributed by atoms with Crippen LogP contribution in [0.2, 0.25) is 0 Å². The molecule has 0 saturated carbocycles. The molecule has 0 aliphatic rings. The molecule has 1 aromatic rings. The molecular weight excluding hydrogens is 282 g/mol. The van der Waals surface area contributed by atoms with E-state index >= 15 is 0 Å². The van der Waals surface area contributed by atoms with E-state index in [1.807, 2.05) is 0 Å². The first kappa shape index (κ1) is 16.6. The minimum absolute atomic E-state index is 0.217. The SMILES string of the molecule is CCOC(=O)C(N)CCSCc1ccoc1C(=O)OC. The maximum atomic E-state index is 11.4. The maximum Gasteiger partial charge on any atom is 0.374 e. The maximum absolute atomic E-state index is 11.4. The van der Waals surface area contributed by atoms with E-state index in [0.29, 0.717) is 24.5 Å². The number of thioether (sulfide) groups is 1. The van der Waals surface area contributed by atoms with Gasteiger partial charge in [-0.05, 0) is 25.2 Å². The number of furan rings is 1. The topological polar surface area (TPSA) is 91.8 Å². The number of carbonyl (C=O) groups excluding carboxylic acids is 2. The molecule has 0 aromatic carbocycles. The summed E-state index contributed by atoms with van der Waals surface area (Å²) in [4.78, 5) is 22.7. The van der Waals surface area contributed by atoms with E-state index in [-0.39, 0.29) is 11.7 Å². The molecule has 1 heterocycles. The Balaban J connectivity index is 2.33. The van der Waals surface area contributed by atoms with Gasteiger partial charge in [-0.3, -0.25) is 4.79 Å². The first-order valence-electron chi connectivity index (χ1n) is 6.24. The Bertz CT molecular complexity index is 446. The summed E-state index contributed by atoms with van der Waals surface area (Å²) in [6, 6.07) is 1.12. The van der Waals surface area contributed by atoms with Gasteiger partial charge in [0, 0.05) is 11.3 Å². The molecule has 0 fully saturated rings. The Labute approximate surface area is 122 Å². The highest BCUT2D eigenvalue weighted by atomic mass is 32.2. The predicted molar refractivity (Wildman–Crippen MR) is 75.4 cm³/mol. The third-order valence-electron chi connectivity index (χ3n) is 2.54. The van der Waals surface area contributed by atoms with E-state index < -0.39 is 12.0 Å². The smallest absolute Gasteiger partial charge is 0.374 e. The number of hydrogen-bond donors (Lipinski definition) is 1. The molecule has 2 N–H and O–H groups in total. The third-order valence-corrected chi connectivity index (χ3v) is 3.58. The summed E-state index contributed by atoms with van der Waals surface area (Å²) in [6.07, 6.45) is 1.97.